The van der Waals surface area contributed by atoms with Gasteiger partial charge >= 0.3 is 0 Å². The molecule has 4 heteroatoms. The number of aldehydes is 1. The van der Waals surface area contributed by atoms with Crippen LogP contribution in [0.4, 0.5) is 0 Å². The van der Waals surface area contributed by atoms with Crippen molar-refractivity contribution < 1.29 is 4.79 Å². The standard InChI is InChI=1S/C10H7Cl3O/c11-8-5-7(3-1-2-4-14)10(13)9(12)6-8/h1,3-6H,2H2. The molecule has 0 aliphatic carbocycles. The van der Waals surface area contributed by atoms with Crippen molar-refractivity contribution >= 4 is 47.2 Å². The first-order chi connectivity index (χ1) is 6.65. The summed E-state index contributed by atoms with van der Waals surface area (Å²) in [4.78, 5) is 10.1. The summed E-state index contributed by atoms with van der Waals surface area (Å²) in [7, 11) is 0. The molecule has 1 aromatic carbocycles. The van der Waals surface area contributed by atoms with Crippen molar-refractivity contribution in [3.8, 4) is 0 Å². The Balaban J connectivity index is 3.01. The maximum absolute atomic E-state index is 10.1. The number of benzene rings is 1. The topological polar surface area (TPSA) is 17.1 Å². The Morgan fingerprint density at radius 1 is 1.21 bits per heavy atom. The Labute approximate surface area is 97.3 Å². The van der Waals surface area contributed by atoms with Crippen molar-refractivity contribution in [2.45, 2.75) is 6.42 Å². The number of carbonyl (C=O) groups is 1. The van der Waals surface area contributed by atoms with Crippen LogP contribution in [0, 0.1) is 0 Å². The highest BCUT2D eigenvalue weighted by Crippen LogP contribution is 2.30. The Morgan fingerprint density at radius 3 is 2.57 bits per heavy atom. The highest BCUT2D eigenvalue weighted by Gasteiger charge is 2.03. The fraction of sp³-hybridized carbons (Fsp3) is 0.100. The normalized spacial score (nSPS) is 10.8. The van der Waals surface area contributed by atoms with Crippen LogP contribution >= 0.6 is 34.8 Å². The molecule has 0 N–H and O–H groups in total. The molecule has 0 fully saturated rings. The van der Waals surface area contributed by atoms with E-state index in [1.165, 1.54) is 0 Å². The van der Waals surface area contributed by atoms with Crippen molar-refractivity contribution in [2.24, 2.45) is 0 Å². The molecule has 1 rings (SSSR count). The minimum absolute atomic E-state index is 0.348. The molecule has 0 atom stereocenters. The van der Waals surface area contributed by atoms with Crippen LogP contribution in [0.1, 0.15) is 12.0 Å². The van der Waals surface area contributed by atoms with Gasteiger partial charge in [0.1, 0.15) is 6.29 Å². The predicted molar refractivity (Wildman–Crippen MR) is 61.2 cm³/mol. The van der Waals surface area contributed by atoms with Gasteiger partial charge in [0, 0.05) is 11.4 Å². The van der Waals surface area contributed by atoms with E-state index in [1.54, 1.807) is 24.3 Å². The number of allylic oxidation sites excluding steroid dienone is 1. The maximum Gasteiger partial charge on any atom is 0.123 e. The number of rotatable bonds is 3. The molecule has 0 bridgehead atoms. The van der Waals surface area contributed by atoms with Gasteiger partial charge in [-0.2, -0.15) is 0 Å². The Bertz CT molecular complexity index is 372. The summed E-state index contributed by atoms with van der Waals surface area (Å²) < 4.78 is 0. The van der Waals surface area contributed by atoms with Crippen LogP contribution in [0.25, 0.3) is 6.08 Å². The van der Waals surface area contributed by atoms with E-state index in [1.807, 2.05) is 0 Å². The predicted octanol–water partition coefficient (Wildman–Crippen LogP) is 4.25. The van der Waals surface area contributed by atoms with Crippen LogP contribution in [0.3, 0.4) is 0 Å². The molecule has 0 radical (unpaired) electrons. The lowest BCUT2D eigenvalue weighted by Gasteiger charge is -2.01. The van der Waals surface area contributed by atoms with Crippen molar-refractivity contribution in [1.29, 1.82) is 0 Å². The van der Waals surface area contributed by atoms with Crippen molar-refractivity contribution in [3.05, 3.63) is 38.8 Å². The van der Waals surface area contributed by atoms with Gasteiger partial charge in [-0.15, -0.1) is 0 Å². The Morgan fingerprint density at radius 2 is 1.93 bits per heavy atom. The van der Waals surface area contributed by atoms with Gasteiger partial charge in [-0.3, -0.25) is 0 Å². The van der Waals surface area contributed by atoms with Gasteiger partial charge in [0.25, 0.3) is 0 Å². The third-order valence-electron chi connectivity index (χ3n) is 1.55. The van der Waals surface area contributed by atoms with Crippen LogP contribution in [-0.2, 0) is 4.79 Å². The molecule has 1 nitrogen and oxygen atoms in total. The van der Waals surface area contributed by atoms with E-state index in [0.29, 0.717) is 27.1 Å². The number of hydrogen-bond donors (Lipinski definition) is 0. The molecule has 0 saturated carbocycles. The molecule has 1 aromatic rings. The first kappa shape index (κ1) is 11.6. The van der Waals surface area contributed by atoms with Crippen molar-refractivity contribution in [1.82, 2.24) is 0 Å². The first-order valence-corrected chi connectivity index (χ1v) is 5.03. The van der Waals surface area contributed by atoms with Gasteiger partial charge in [0.15, 0.2) is 0 Å². The molecular weight excluding hydrogens is 242 g/mol. The molecule has 0 amide bonds. The average molecular weight is 250 g/mol. The lowest BCUT2D eigenvalue weighted by atomic mass is 10.2. The third-order valence-corrected chi connectivity index (χ3v) is 2.59. The summed E-state index contributed by atoms with van der Waals surface area (Å²) in [6, 6.07) is 3.26. The number of carbonyl (C=O) groups excluding carboxylic acids is 1. The molecule has 74 valence electrons. The van der Waals surface area contributed by atoms with Gasteiger partial charge in [-0.05, 0) is 17.7 Å². The monoisotopic (exact) mass is 248 g/mol. The molecule has 0 heterocycles. The van der Waals surface area contributed by atoms with E-state index in [4.69, 9.17) is 34.8 Å². The van der Waals surface area contributed by atoms with Crippen LogP contribution in [0.5, 0.6) is 0 Å². The lowest BCUT2D eigenvalue weighted by molar-refractivity contribution is -0.107. The zero-order chi connectivity index (χ0) is 10.6. The van der Waals surface area contributed by atoms with Gasteiger partial charge in [-0.25, -0.2) is 0 Å². The summed E-state index contributed by atoms with van der Waals surface area (Å²) in [6.07, 6.45) is 4.56. The Kier molecular flexibility index (Phi) is 4.46. The highest BCUT2D eigenvalue weighted by molar-refractivity contribution is 6.44. The molecule has 0 aliphatic heterocycles. The molecule has 0 aromatic heterocycles. The fourth-order valence-corrected chi connectivity index (χ4v) is 1.63. The SMILES string of the molecule is O=CCC=Cc1cc(Cl)cc(Cl)c1Cl. The summed E-state index contributed by atoms with van der Waals surface area (Å²) in [5, 5.41) is 1.37. The molecule has 0 unspecified atom stereocenters. The minimum Gasteiger partial charge on any atom is -0.303 e. The summed E-state index contributed by atoms with van der Waals surface area (Å²) in [6.45, 7) is 0. The fourth-order valence-electron chi connectivity index (χ4n) is 0.948. The molecular formula is C10H7Cl3O. The maximum atomic E-state index is 10.1. The second kappa shape index (κ2) is 5.40. The molecule has 0 spiro atoms. The zero-order valence-corrected chi connectivity index (χ0v) is 9.40. The van der Waals surface area contributed by atoms with Crippen LogP contribution in [0.15, 0.2) is 18.2 Å². The number of halogens is 3. The van der Waals surface area contributed by atoms with Gasteiger partial charge in [-0.1, -0.05) is 47.0 Å². The number of hydrogen-bond acceptors (Lipinski definition) is 1. The lowest BCUT2D eigenvalue weighted by Crippen LogP contribution is -1.78. The second-order valence-corrected chi connectivity index (χ2v) is 3.82. The first-order valence-electron chi connectivity index (χ1n) is 3.90. The molecule has 0 saturated heterocycles. The van der Waals surface area contributed by atoms with E-state index in [0.717, 1.165) is 6.29 Å². The van der Waals surface area contributed by atoms with Crippen molar-refractivity contribution in [2.75, 3.05) is 0 Å². The quantitative estimate of drug-likeness (QED) is 0.578. The van der Waals surface area contributed by atoms with E-state index in [2.05, 4.69) is 0 Å². The second-order valence-electron chi connectivity index (χ2n) is 2.60. The minimum atomic E-state index is 0.348. The van der Waals surface area contributed by atoms with Gasteiger partial charge in [0.05, 0.1) is 10.0 Å². The molecule has 14 heavy (non-hydrogen) atoms. The van der Waals surface area contributed by atoms with Crippen LogP contribution < -0.4 is 0 Å². The molecule has 0 aliphatic rings. The van der Waals surface area contributed by atoms with E-state index in [9.17, 15) is 4.79 Å². The summed E-state index contributed by atoms with van der Waals surface area (Å²) in [5.41, 5.74) is 0.714. The largest absolute Gasteiger partial charge is 0.303 e. The Hall–Kier alpha value is -0.500. The van der Waals surface area contributed by atoms with Gasteiger partial charge in [0.2, 0.25) is 0 Å². The third kappa shape index (κ3) is 3.02. The van der Waals surface area contributed by atoms with Gasteiger partial charge < -0.3 is 4.79 Å². The summed E-state index contributed by atoms with van der Waals surface area (Å²) >= 11 is 17.5. The van der Waals surface area contributed by atoms with Crippen molar-refractivity contribution in [3.63, 3.8) is 0 Å². The summed E-state index contributed by atoms with van der Waals surface area (Å²) in [5.74, 6) is 0. The van der Waals surface area contributed by atoms with Crippen LogP contribution in [0.2, 0.25) is 15.1 Å². The van der Waals surface area contributed by atoms with Crippen LogP contribution in [-0.4, -0.2) is 6.29 Å². The zero-order valence-electron chi connectivity index (χ0n) is 7.14. The van der Waals surface area contributed by atoms with E-state index >= 15 is 0 Å². The smallest absolute Gasteiger partial charge is 0.123 e. The average Bonchev–Trinajstić information content (AvgIpc) is 2.13. The van der Waals surface area contributed by atoms with E-state index < -0.39 is 0 Å². The van der Waals surface area contributed by atoms with E-state index in [-0.39, 0.29) is 0 Å². The highest BCUT2D eigenvalue weighted by atomic mass is 35.5.